The van der Waals surface area contributed by atoms with Gasteiger partial charge in [0.15, 0.2) is 0 Å². The van der Waals surface area contributed by atoms with Gasteiger partial charge in [0.1, 0.15) is 6.61 Å². The standard InChI is InChI=1S/C5H13N3O2/c1-8(7)5(9)4-10-3-2-6/h2-4,6-7H2,1H3. The molecule has 0 rings (SSSR count). The average molecular weight is 147 g/mol. The van der Waals surface area contributed by atoms with Gasteiger partial charge in [0, 0.05) is 13.6 Å². The van der Waals surface area contributed by atoms with E-state index in [2.05, 4.69) is 0 Å². The monoisotopic (exact) mass is 147 g/mol. The largest absolute Gasteiger partial charge is 0.370 e. The highest BCUT2D eigenvalue weighted by molar-refractivity contribution is 5.76. The number of ether oxygens (including phenoxy) is 1. The van der Waals surface area contributed by atoms with Crippen molar-refractivity contribution in [2.75, 3.05) is 26.8 Å². The molecule has 5 nitrogen and oxygen atoms in total. The molecule has 0 saturated carbocycles. The molecule has 0 bridgehead atoms. The second-order valence-electron chi connectivity index (χ2n) is 1.85. The molecule has 1 amide bonds. The zero-order valence-electron chi connectivity index (χ0n) is 6.04. The lowest BCUT2D eigenvalue weighted by atomic mass is 10.6. The van der Waals surface area contributed by atoms with E-state index in [0.717, 1.165) is 5.01 Å². The Hall–Kier alpha value is -0.650. The molecule has 0 heterocycles. The van der Waals surface area contributed by atoms with Crippen LogP contribution in [0, 0.1) is 0 Å². The summed E-state index contributed by atoms with van der Waals surface area (Å²) in [5.74, 6) is 4.83. The lowest BCUT2D eigenvalue weighted by Gasteiger charge is -2.08. The van der Waals surface area contributed by atoms with E-state index in [-0.39, 0.29) is 12.5 Å². The predicted octanol–water partition coefficient (Wildman–Crippen LogP) is -1.71. The number of nitrogens with zero attached hydrogens (tertiary/aromatic N) is 1. The molecule has 0 aliphatic rings. The Kier molecular flexibility index (Phi) is 4.82. The first-order chi connectivity index (χ1) is 4.68. The number of hydrazine groups is 1. The molecule has 0 aromatic carbocycles. The van der Waals surface area contributed by atoms with Crippen molar-refractivity contribution in [3.05, 3.63) is 0 Å². The van der Waals surface area contributed by atoms with E-state index < -0.39 is 0 Å². The first-order valence-electron chi connectivity index (χ1n) is 2.97. The quantitative estimate of drug-likeness (QED) is 0.215. The van der Waals surface area contributed by atoms with Crippen LogP contribution < -0.4 is 11.6 Å². The van der Waals surface area contributed by atoms with Crippen molar-refractivity contribution < 1.29 is 9.53 Å². The molecular formula is C5H13N3O2. The normalized spacial score (nSPS) is 9.50. The highest BCUT2D eigenvalue weighted by Crippen LogP contribution is 1.77. The summed E-state index contributed by atoms with van der Waals surface area (Å²) in [7, 11) is 1.47. The Morgan fingerprint density at radius 1 is 1.70 bits per heavy atom. The number of carbonyl (C=O) groups is 1. The maximum atomic E-state index is 10.7. The Balaban J connectivity index is 3.22. The fourth-order valence-corrected chi connectivity index (χ4v) is 0.345. The van der Waals surface area contributed by atoms with Gasteiger partial charge in [-0.25, -0.2) is 5.84 Å². The van der Waals surface area contributed by atoms with Crippen LogP contribution in [0.3, 0.4) is 0 Å². The molecule has 0 unspecified atom stereocenters. The molecule has 0 aromatic heterocycles. The van der Waals surface area contributed by atoms with Crippen LogP contribution in [0.1, 0.15) is 0 Å². The Morgan fingerprint density at radius 3 is 2.70 bits per heavy atom. The molecule has 0 aliphatic heterocycles. The maximum Gasteiger partial charge on any atom is 0.262 e. The smallest absolute Gasteiger partial charge is 0.262 e. The zero-order valence-corrected chi connectivity index (χ0v) is 6.04. The first-order valence-corrected chi connectivity index (χ1v) is 2.97. The van der Waals surface area contributed by atoms with E-state index >= 15 is 0 Å². The van der Waals surface area contributed by atoms with Crippen LogP contribution in [0.5, 0.6) is 0 Å². The summed E-state index contributed by atoms with van der Waals surface area (Å²) in [5.41, 5.74) is 5.11. The van der Waals surface area contributed by atoms with Gasteiger partial charge in [-0.1, -0.05) is 0 Å². The van der Waals surface area contributed by atoms with Crippen molar-refractivity contribution in [2.24, 2.45) is 11.6 Å². The van der Waals surface area contributed by atoms with E-state index in [4.69, 9.17) is 16.3 Å². The minimum atomic E-state index is -0.256. The van der Waals surface area contributed by atoms with Crippen LogP contribution in [0.25, 0.3) is 0 Å². The van der Waals surface area contributed by atoms with Crippen molar-refractivity contribution in [2.45, 2.75) is 0 Å². The second kappa shape index (κ2) is 5.16. The average Bonchev–Trinajstić information content (AvgIpc) is 1.88. The van der Waals surface area contributed by atoms with Crippen molar-refractivity contribution >= 4 is 5.91 Å². The molecule has 10 heavy (non-hydrogen) atoms. The summed E-state index contributed by atoms with van der Waals surface area (Å²) < 4.78 is 4.81. The van der Waals surface area contributed by atoms with E-state index in [9.17, 15) is 4.79 Å². The molecule has 0 saturated heterocycles. The molecule has 0 fully saturated rings. The Bertz CT molecular complexity index is 105. The third-order valence-electron chi connectivity index (χ3n) is 0.881. The SMILES string of the molecule is CN(N)C(=O)COCCN. The molecule has 0 radical (unpaired) electrons. The number of nitrogens with two attached hydrogens (primary N) is 2. The minimum absolute atomic E-state index is 0.00417. The van der Waals surface area contributed by atoms with Crippen LogP contribution in [-0.4, -0.2) is 37.7 Å². The molecule has 4 N–H and O–H groups in total. The predicted molar refractivity (Wildman–Crippen MR) is 36.8 cm³/mol. The summed E-state index contributed by atoms with van der Waals surface area (Å²) in [6.45, 7) is 0.811. The van der Waals surface area contributed by atoms with Crippen LogP contribution in [0.15, 0.2) is 0 Å². The highest BCUT2D eigenvalue weighted by atomic mass is 16.5. The number of carbonyl (C=O) groups excluding carboxylic acids is 1. The molecule has 0 aromatic rings. The summed E-state index contributed by atoms with van der Waals surface area (Å²) in [4.78, 5) is 10.7. The number of likely N-dealkylation sites (N-methyl/N-ethyl adjacent to an activating group) is 1. The summed E-state index contributed by atoms with van der Waals surface area (Å²) in [6, 6.07) is 0. The van der Waals surface area contributed by atoms with Crippen molar-refractivity contribution in [1.82, 2.24) is 5.01 Å². The van der Waals surface area contributed by atoms with Crippen LogP contribution >= 0.6 is 0 Å². The van der Waals surface area contributed by atoms with E-state index in [1.165, 1.54) is 7.05 Å². The van der Waals surface area contributed by atoms with Crippen LogP contribution in [0.2, 0.25) is 0 Å². The lowest BCUT2D eigenvalue weighted by molar-refractivity contribution is -0.134. The third kappa shape index (κ3) is 4.25. The van der Waals surface area contributed by atoms with E-state index in [1.807, 2.05) is 0 Å². The van der Waals surface area contributed by atoms with Crippen LogP contribution in [0.4, 0.5) is 0 Å². The maximum absolute atomic E-state index is 10.7. The number of hydrogen-bond acceptors (Lipinski definition) is 4. The topological polar surface area (TPSA) is 81.6 Å². The van der Waals surface area contributed by atoms with E-state index in [0.29, 0.717) is 13.2 Å². The number of amides is 1. The molecule has 0 spiro atoms. The number of hydrogen-bond donors (Lipinski definition) is 2. The lowest BCUT2D eigenvalue weighted by Crippen LogP contribution is -2.36. The summed E-state index contributed by atoms with van der Waals surface area (Å²) in [6.07, 6.45) is 0. The van der Waals surface area contributed by atoms with Crippen molar-refractivity contribution in [1.29, 1.82) is 0 Å². The fraction of sp³-hybridized carbons (Fsp3) is 0.800. The van der Waals surface area contributed by atoms with Gasteiger partial charge in [-0.3, -0.25) is 9.80 Å². The third-order valence-corrected chi connectivity index (χ3v) is 0.881. The van der Waals surface area contributed by atoms with E-state index in [1.54, 1.807) is 0 Å². The molecule has 0 aliphatic carbocycles. The highest BCUT2D eigenvalue weighted by Gasteiger charge is 2.02. The molecule has 60 valence electrons. The van der Waals surface area contributed by atoms with Crippen molar-refractivity contribution in [3.8, 4) is 0 Å². The summed E-state index contributed by atoms with van der Waals surface area (Å²) in [5, 5.41) is 0.983. The second-order valence-corrected chi connectivity index (χ2v) is 1.85. The fourth-order valence-electron chi connectivity index (χ4n) is 0.345. The molecule has 0 atom stereocenters. The Morgan fingerprint density at radius 2 is 2.30 bits per heavy atom. The van der Waals surface area contributed by atoms with Gasteiger partial charge in [0.25, 0.3) is 5.91 Å². The Labute approximate surface area is 59.9 Å². The first kappa shape index (κ1) is 9.35. The number of rotatable bonds is 4. The zero-order chi connectivity index (χ0) is 7.98. The molecule has 5 heteroatoms. The van der Waals surface area contributed by atoms with Gasteiger partial charge in [-0.05, 0) is 0 Å². The van der Waals surface area contributed by atoms with Gasteiger partial charge in [-0.2, -0.15) is 0 Å². The minimum Gasteiger partial charge on any atom is -0.370 e. The van der Waals surface area contributed by atoms with Gasteiger partial charge in [0.05, 0.1) is 6.61 Å². The van der Waals surface area contributed by atoms with Gasteiger partial charge < -0.3 is 10.5 Å². The van der Waals surface area contributed by atoms with Crippen LogP contribution in [-0.2, 0) is 9.53 Å². The summed E-state index contributed by atoms with van der Waals surface area (Å²) >= 11 is 0. The molecular weight excluding hydrogens is 134 g/mol. The van der Waals surface area contributed by atoms with Gasteiger partial charge >= 0.3 is 0 Å². The van der Waals surface area contributed by atoms with Gasteiger partial charge in [-0.15, -0.1) is 0 Å². The van der Waals surface area contributed by atoms with Gasteiger partial charge in [0.2, 0.25) is 0 Å². The van der Waals surface area contributed by atoms with Crippen molar-refractivity contribution in [3.63, 3.8) is 0 Å².